The van der Waals surface area contributed by atoms with Crippen molar-refractivity contribution in [2.45, 2.75) is 12.8 Å². The lowest BCUT2D eigenvalue weighted by atomic mass is 10.4. The maximum Gasteiger partial charge on any atom is 0.375 e. The van der Waals surface area contributed by atoms with Gasteiger partial charge in [0.1, 0.15) is 0 Å². The number of carboxylic acids is 1. The molecule has 1 aromatic heterocycles. The van der Waals surface area contributed by atoms with E-state index in [0.29, 0.717) is 0 Å². The average Bonchev–Trinajstić information content (AvgIpc) is 2.75. The number of hydrogen-bond donors (Lipinski definition) is 1. The van der Waals surface area contributed by atoms with Crippen molar-refractivity contribution in [3.63, 3.8) is 0 Å². The van der Waals surface area contributed by atoms with Crippen molar-refractivity contribution in [3.05, 3.63) is 5.82 Å². The Balaban J connectivity index is 2.16. The fraction of sp³-hybridized carbons (Fsp3) is 0.571. The van der Waals surface area contributed by atoms with Crippen LogP contribution in [0.25, 0.3) is 0 Å². The Morgan fingerprint density at radius 3 is 2.69 bits per heavy atom. The number of nitrogens with zero attached hydrogens (tertiary/aromatic N) is 3. The van der Waals surface area contributed by atoms with Crippen molar-refractivity contribution >= 4 is 22.6 Å². The highest BCUT2D eigenvalue weighted by Gasteiger charge is 2.18. The molecule has 0 bridgehead atoms. The first kappa shape index (κ1) is 8.43. The quantitative estimate of drug-likeness (QED) is 0.764. The summed E-state index contributed by atoms with van der Waals surface area (Å²) >= 11 is 1.16. The maximum atomic E-state index is 10.5. The molecule has 0 unspecified atom stereocenters. The molecule has 1 saturated heterocycles. The van der Waals surface area contributed by atoms with Crippen molar-refractivity contribution in [2.24, 2.45) is 0 Å². The van der Waals surface area contributed by atoms with Crippen LogP contribution in [0.4, 0.5) is 5.13 Å². The van der Waals surface area contributed by atoms with Gasteiger partial charge in [-0.25, -0.2) is 4.79 Å². The second-order valence-electron chi connectivity index (χ2n) is 2.90. The lowest BCUT2D eigenvalue weighted by Crippen LogP contribution is -2.17. The normalized spacial score (nSPS) is 16.5. The molecule has 0 saturated carbocycles. The lowest BCUT2D eigenvalue weighted by molar-refractivity contribution is 0.0685. The summed E-state index contributed by atoms with van der Waals surface area (Å²) in [5.74, 6) is -1.14. The molecule has 2 heterocycles. The Kier molecular flexibility index (Phi) is 2.13. The van der Waals surface area contributed by atoms with Gasteiger partial charge >= 0.3 is 5.97 Å². The third-order valence-corrected chi connectivity index (χ3v) is 2.76. The Hall–Kier alpha value is -1.17. The molecule has 0 aliphatic carbocycles. The molecule has 1 fully saturated rings. The molecule has 0 atom stereocenters. The number of anilines is 1. The predicted octanol–water partition coefficient (Wildman–Crippen LogP) is 0.837. The van der Waals surface area contributed by atoms with Crippen LogP contribution >= 0.6 is 11.5 Å². The predicted molar refractivity (Wildman–Crippen MR) is 48.3 cm³/mol. The van der Waals surface area contributed by atoms with Crippen LogP contribution in [0.15, 0.2) is 0 Å². The lowest BCUT2D eigenvalue weighted by Gasteiger charge is -2.10. The standard InChI is InChI=1S/C7H9N3O2S/c11-6(12)5-8-7(13-9-5)10-3-1-2-4-10/h1-4H2,(H,11,12). The second-order valence-corrected chi connectivity index (χ2v) is 3.63. The topological polar surface area (TPSA) is 66.3 Å². The Morgan fingerprint density at radius 2 is 2.15 bits per heavy atom. The number of aromatic nitrogens is 2. The maximum absolute atomic E-state index is 10.5. The van der Waals surface area contributed by atoms with E-state index in [4.69, 9.17) is 5.11 Å². The number of hydrogen-bond acceptors (Lipinski definition) is 5. The largest absolute Gasteiger partial charge is 0.475 e. The van der Waals surface area contributed by atoms with Gasteiger partial charge < -0.3 is 10.0 Å². The summed E-state index contributed by atoms with van der Waals surface area (Å²) < 4.78 is 3.75. The highest BCUT2D eigenvalue weighted by atomic mass is 32.1. The van der Waals surface area contributed by atoms with Crippen molar-refractivity contribution in [3.8, 4) is 0 Å². The summed E-state index contributed by atoms with van der Waals surface area (Å²) in [5, 5.41) is 9.34. The highest BCUT2D eigenvalue weighted by Crippen LogP contribution is 2.21. The smallest absolute Gasteiger partial charge is 0.375 e. The third-order valence-electron chi connectivity index (χ3n) is 1.98. The minimum absolute atomic E-state index is 0.0908. The van der Waals surface area contributed by atoms with Gasteiger partial charge in [-0.05, 0) is 12.8 Å². The van der Waals surface area contributed by atoms with Crippen molar-refractivity contribution in [2.75, 3.05) is 18.0 Å². The van der Waals surface area contributed by atoms with E-state index in [2.05, 4.69) is 14.3 Å². The molecule has 0 spiro atoms. The molecule has 5 nitrogen and oxygen atoms in total. The van der Waals surface area contributed by atoms with Crippen LogP contribution in [0, 0.1) is 0 Å². The monoisotopic (exact) mass is 199 g/mol. The molecule has 0 aromatic carbocycles. The van der Waals surface area contributed by atoms with Crippen molar-refractivity contribution < 1.29 is 9.90 Å². The van der Waals surface area contributed by atoms with E-state index in [1.165, 1.54) is 0 Å². The minimum Gasteiger partial charge on any atom is -0.475 e. The average molecular weight is 199 g/mol. The fourth-order valence-electron chi connectivity index (χ4n) is 1.34. The van der Waals surface area contributed by atoms with Crippen molar-refractivity contribution in [1.82, 2.24) is 9.36 Å². The van der Waals surface area contributed by atoms with Gasteiger partial charge in [-0.2, -0.15) is 9.36 Å². The summed E-state index contributed by atoms with van der Waals surface area (Å²) in [6, 6.07) is 0. The molecule has 1 aromatic rings. The fourth-order valence-corrected chi connectivity index (χ4v) is 2.05. The van der Waals surface area contributed by atoms with Gasteiger partial charge in [-0.15, -0.1) is 0 Å². The third kappa shape index (κ3) is 1.62. The van der Waals surface area contributed by atoms with Crippen LogP contribution < -0.4 is 4.90 Å². The van der Waals surface area contributed by atoms with Gasteiger partial charge in [-0.3, -0.25) is 0 Å². The van der Waals surface area contributed by atoms with Gasteiger partial charge in [0.15, 0.2) is 0 Å². The van der Waals surface area contributed by atoms with Crippen LogP contribution in [0.3, 0.4) is 0 Å². The van der Waals surface area contributed by atoms with E-state index in [1.807, 2.05) is 0 Å². The van der Waals surface area contributed by atoms with E-state index in [0.717, 1.165) is 42.6 Å². The van der Waals surface area contributed by atoms with Crippen LogP contribution in [0.2, 0.25) is 0 Å². The number of aromatic carboxylic acids is 1. The molecule has 1 aliphatic rings. The van der Waals surface area contributed by atoms with Gasteiger partial charge in [-0.1, -0.05) is 0 Å². The Bertz CT molecular complexity index is 319. The van der Waals surface area contributed by atoms with E-state index < -0.39 is 5.97 Å². The Labute approximate surface area is 79.2 Å². The minimum atomic E-state index is -1.05. The van der Waals surface area contributed by atoms with E-state index >= 15 is 0 Å². The van der Waals surface area contributed by atoms with E-state index in [1.54, 1.807) is 0 Å². The second kappa shape index (κ2) is 3.29. The number of rotatable bonds is 2. The SMILES string of the molecule is O=C(O)c1nsc(N2CCCC2)n1. The zero-order valence-corrected chi connectivity index (χ0v) is 7.75. The number of carboxylic acid groups (broad SMARTS) is 1. The van der Waals surface area contributed by atoms with E-state index in [-0.39, 0.29) is 5.82 Å². The molecule has 0 amide bonds. The van der Waals surface area contributed by atoms with Gasteiger partial charge in [0.25, 0.3) is 5.82 Å². The molecule has 1 aliphatic heterocycles. The molecular weight excluding hydrogens is 190 g/mol. The summed E-state index contributed by atoms with van der Waals surface area (Å²) in [4.78, 5) is 16.5. The number of carbonyl (C=O) groups is 1. The summed E-state index contributed by atoms with van der Waals surface area (Å²) in [7, 11) is 0. The summed E-state index contributed by atoms with van der Waals surface area (Å²) in [6.45, 7) is 1.93. The molecule has 6 heteroatoms. The zero-order chi connectivity index (χ0) is 9.26. The van der Waals surface area contributed by atoms with Gasteiger partial charge in [0, 0.05) is 24.6 Å². The molecule has 13 heavy (non-hydrogen) atoms. The first-order chi connectivity index (χ1) is 6.27. The Morgan fingerprint density at radius 1 is 1.46 bits per heavy atom. The van der Waals surface area contributed by atoms with Gasteiger partial charge in [0.2, 0.25) is 5.13 Å². The molecule has 1 N–H and O–H groups in total. The van der Waals surface area contributed by atoms with Crippen molar-refractivity contribution in [1.29, 1.82) is 0 Å². The molecule has 2 rings (SSSR count). The van der Waals surface area contributed by atoms with Crippen LogP contribution in [-0.2, 0) is 0 Å². The molecular formula is C7H9N3O2S. The molecule has 0 radical (unpaired) electrons. The summed E-state index contributed by atoms with van der Waals surface area (Å²) in [6.07, 6.45) is 2.31. The summed E-state index contributed by atoms with van der Waals surface area (Å²) in [5.41, 5.74) is 0. The first-order valence-electron chi connectivity index (χ1n) is 4.09. The van der Waals surface area contributed by atoms with Gasteiger partial charge in [0.05, 0.1) is 0 Å². The first-order valence-corrected chi connectivity index (χ1v) is 4.86. The highest BCUT2D eigenvalue weighted by molar-refractivity contribution is 7.09. The van der Waals surface area contributed by atoms with Crippen LogP contribution in [-0.4, -0.2) is 33.5 Å². The van der Waals surface area contributed by atoms with E-state index in [9.17, 15) is 4.79 Å². The zero-order valence-electron chi connectivity index (χ0n) is 6.93. The van der Waals surface area contributed by atoms with Crippen LogP contribution in [0.5, 0.6) is 0 Å². The van der Waals surface area contributed by atoms with Crippen LogP contribution in [0.1, 0.15) is 23.5 Å². The molecule has 70 valence electrons.